The maximum Gasteiger partial charge on any atom is 0.253 e. The van der Waals surface area contributed by atoms with Crippen LogP contribution in [0.3, 0.4) is 0 Å². The number of benzene rings is 2. The molecule has 1 atom stereocenters. The van der Waals surface area contributed by atoms with Crippen molar-refractivity contribution >= 4 is 29.3 Å². The molecule has 1 heterocycles. The highest BCUT2D eigenvalue weighted by Gasteiger charge is 2.22. The molecule has 2 aromatic carbocycles. The minimum absolute atomic E-state index is 0.0659. The highest BCUT2D eigenvalue weighted by Crippen LogP contribution is 2.36. The van der Waals surface area contributed by atoms with Gasteiger partial charge in [0.25, 0.3) is 5.91 Å². The highest BCUT2D eigenvalue weighted by molar-refractivity contribution is 7.99. The summed E-state index contributed by atoms with van der Waals surface area (Å²) in [6, 6.07) is 15.4. The second-order valence-electron chi connectivity index (χ2n) is 4.68. The Morgan fingerprint density at radius 2 is 1.90 bits per heavy atom. The molecule has 0 saturated carbocycles. The number of nitrogens with one attached hydrogen (secondary N) is 1. The molecule has 1 N–H and O–H groups in total. The van der Waals surface area contributed by atoms with E-state index in [4.69, 9.17) is 11.6 Å². The Morgan fingerprint density at radius 3 is 2.75 bits per heavy atom. The van der Waals surface area contributed by atoms with E-state index in [1.165, 1.54) is 10.5 Å². The second kappa shape index (κ2) is 5.90. The Balaban J connectivity index is 1.83. The third-order valence-electron chi connectivity index (χ3n) is 3.38. The van der Waals surface area contributed by atoms with Crippen LogP contribution in [0, 0.1) is 0 Å². The van der Waals surface area contributed by atoms with Crippen LogP contribution in [0.2, 0.25) is 5.02 Å². The van der Waals surface area contributed by atoms with Crippen molar-refractivity contribution in [2.45, 2.75) is 17.4 Å². The first-order chi connectivity index (χ1) is 9.75. The number of hydrogen-bond donors (Lipinski definition) is 1. The molecule has 1 aliphatic heterocycles. The Labute approximate surface area is 127 Å². The van der Waals surface area contributed by atoms with Crippen molar-refractivity contribution in [3.05, 3.63) is 64.7 Å². The number of fused-ring (bicyclic) bond motifs is 1. The summed E-state index contributed by atoms with van der Waals surface area (Å²) in [5.41, 5.74) is 1.73. The molecule has 4 heteroatoms. The molecule has 20 heavy (non-hydrogen) atoms. The normalized spacial score (nSPS) is 17.4. The summed E-state index contributed by atoms with van der Waals surface area (Å²) in [6.45, 7) is 0. The maximum absolute atomic E-state index is 12.3. The van der Waals surface area contributed by atoms with Gasteiger partial charge >= 0.3 is 0 Å². The van der Waals surface area contributed by atoms with Gasteiger partial charge in [-0.3, -0.25) is 4.79 Å². The topological polar surface area (TPSA) is 29.1 Å². The fraction of sp³-hybridized carbons (Fsp3) is 0.188. The van der Waals surface area contributed by atoms with Crippen molar-refractivity contribution in [3.8, 4) is 0 Å². The summed E-state index contributed by atoms with van der Waals surface area (Å²) >= 11 is 7.91. The highest BCUT2D eigenvalue weighted by atomic mass is 35.5. The number of halogens is 1. The summed E-state index contributed by atoms with van der Waals surface area (Å²) in [5.74, 6) is 0.909. The largest absolute Gasteiger partial charge is 0.345 e. The molecule has 0 aromatic heterocycles. The van der Waals surface area contributed by atoms with E-state index in [-0.39, 0.29) is 11.9 Å². The summed E-state index contributed by atoms with van der Waals surface area (Å²) in [4.78, 5) is 13.6. The van der Waals surface area contributed by atoms with E-state index in [2.05, 4.69) is 17.4 Å². The van der Waals surface area contributed by atoms with Crippen LogP contribution < -0.4 is 5.32 Å². The number of carbonyl (C=O) groups excluding carboxylic acids is 1. The minimum Gasteiger partial charge on any atom is -0.345 e. The molecule has 0 fully saturated rings. The van der Waals surface area contributed by atoms with Crippen LogP contribution in [0.15, 0.2) is 53.4 Å². The van der Waals surface area contributed by atoms with Gasteiger partial charge in [-0.1, -0.05) is 41.9 Å². The van der Waals surface area contributed by atoms with Gasteiger partial charge in [0.15, 0.2) is 0 Å². The van der Waals surface area contributed by atoms with E-state index >= 15 is 0 Å². The third kappa shape index (κ3) is 2.69. The molecule has 2 aromatic rings. The van der Waals surface area contributed by atoms with Crippen LogP contribution in [0.25, 0.3) is 0 Å². The molecule has 2 nitrogen and oxygen atoms in total. The van der Waals surface area contributed by atoms with Crippen LogP contribution in [-0.4, -0.2) is 11.7 Å². The summed E-state index contributed by atoms with van der Waals surface area (Å²) in [6.07, 6.45) is 0.942. The fourth-order valence-electron chi connectivity index (χ4n) is 2.37. The van der Waals surface area contributed by atoms with Gasteiger partial charge in [0, 0.05) is 10.6 Å². The Kier molecular flexibility index (Phi) is 3.99. The summed E-state index contributed by atoms with van der Waals surface area (Å²) in [7, 11) is 0. The molecule has 0 unspecified atom stereocenters. The lowest BCUT2D eigenvalue weighted by Crippen LogP contribution is -2.30. The molecule has 0 radical (unpaired) electrons. The molecule has 102 valence electrons. The van der Waals surface area contributed by atoms with Crippen molar-refractivity contribution in [2.24, 2.45) is 0 Å². The SMILES string of the molecule is O=C(N[C@@H]1CCSc2ccccc21)c1ccccc1Cl. The molecule has 1 aliphatic rings. The first kappa shape index (κ1) is 13.5. The fourth-order valence-corrected chi connectivity index (χ4v) is 3.72. The Hall–Kier alpha value is -1.45. The zero-order valence-corrected chi connectivity index (χ0v) is 12.4. The van der Waals surface area contributed by atoms with Crippen LogP contribution in [0.4, 0.5) is 0 Å². The van der Waals surface area contributed by atoms with Gasteiger partial charge in [0.1, 0.15) is 0 Å². The average molecular weight is 304 g/mol. The summed E-state index contributed by atoms with van der Waals surface area (Å²) < 4.78 is 0. The maximum atomic E-state index is 12.3. The van der Waals surface area contributed by atoms with Crippen molar-refractivity contribution < 1.29 is 4.79 Å². The standard InChI is InChI=1S/C16H14ClNOS/c17-13-7-3-1-5-11(13)16(19)18-14-9-10-20-15-8-4-2-6-12(14)15/h1-8,14H,9-10H2,(H,18,19)/t14-/m1/s1. The predicted octanol–water partition coefficient (Wildman–Crippen LogP) is 4.31. The van der Waals surface area contributed by atoms with Crippen LogP contribution in [0.1, 0.15) is 28.4 Å². The van der Waals surface area contributed by atoms with E-state index < -0.39 is 0 Å². The molecular weight excluding hydrogens is 290 g/mol. The molecule has 1 amide bonds. The third-order valence-corrected chi connectivity index (χ3v) is 4.83. The van der Waals surface area contributed by atoms with Crippen molar-refractivity contribution in [1.82, 2.24) is 5.32 Å². The first-order valence-corrected chi connectivity index (χ1v) is 7.89. The van der Waals surface area contributed by atoms with E-state index in [1.54, 1.807) is 12.1 Å². The van der Waals surface area contributed by atoms with Gasteiger partial charge in [-0.05, 0) is 30.2 Å². The second-order valence-corrected chi connectivity index (χ2v) is 6.22. The van der Waals surface area contributed by atoms with Gasteiger partial charge in [0.2, 0.25) is 0 Å². The molecule has 0 bridgehead atoms. The van der Waals surface area contributed by atoms with Crippen molar-refractivity contribution in [2.75, 3.05) is 5.75 Å². The number of amides is 1. The minimum atomic E-state index is -0.109. The lowest BCUT2D eigenvalue weighted by molar-refractivity contribution is 0.0935. The Morgan fingerprint density at radius 1 is 1.15 bits per heavy atom. The van der Waals surface area contributed by atoms with Crippen LogP contribution >= 0.6 is 23.4 Å². The van der Waals surface area contributed by atoms with Crippen LogP contribution in [0.5, 0.6) is 0 Å². The zero-order chi connectivity index (χ0) is 13.9. The lowest BCUT2D eigenvalue weighted by atomic mass is 10.0. The predicted molar refractivity (Wildman–Crippen MR) is 83.4 cm³/mol. The van der Waals surface area contributed by atoms with Gasteiger partial charge < -0.3 is 5.32 Å². The lowest BCUT2D eigenvalue weighted by Gasteiger charge is -2.26. The monoisotopic (exact) mass is 303 g/mol. The van der Waals surface area contributed by atoms with Gasteiger partial charge in [0.05, 0.1) is 16.6 Å². The van der Waals surface area contributed by atoms with E-state index in [9.17, 15) is 4.79 Å². The molecule has 0 spiro atoms. The first-order valence-electron chi connectivity index (χ1n) is 6.53. The zero-order valence-electron chi connectivity index (χ0n) is 10.8. The quantitative estimate of drug-likeness (QED) is 0.896. The smallest absolute Gasteiger partial charge is 0.253 e. The number of carbonyl (C=O) groups is 1. The number of thioether (sulfide) groups is 1. The van der Waals surface area contributed by atoms with Gasteiger partial charge in [-0.2, -0.15) is 0 Å². The summed E-state index contributed by atoms with van der Waals surface area (Å²) in [5, 5.41) is 3.58. The van der Waals surface area contributed by atoms with E-state index in [0.717, 1.165) is 12.2 Å². The van der Waals surface area contributed by atoms with Crippen LogP contribution in [-0.2, 0) is 0 Å². The molecule has 3 rings (SSSR count). The Bertz CT molecular complexity index is 644. The number of hydrogen-bond acceptors (Lipinski definition) is 2. The number of rotatable bonds is 2. The van der Waals surface area contributed by atoms with E-state index in [0.29, 0.717) is 10.6 Å². The van der Waals surface area contributed by atoms with Gasteiger partial charge in [-0.15, -0.1) is 11.8 Å². The van der Waals surface area contributed by atoms with Gasteiger partial charge in [-0.25, -0.2) is 0 Å². The molecule has 0 saturated heterocycles. The van der Waals surface area contributed by atoms with Crippen molar-refractivity contribution in [1.29, 1.82) is 0 Å². The molecule has 0 aliphatic carbocycles. The average Bonchev–Trinajstić information content (AvgIpc) is 2.48. The van der Waals surface area contributed by atoms with Crippen molar-refractivity contribution in [3.63, 3.8) is 0 Å². The molecular formula is C16H14ClNOS. The van der Waals surface area contributed by atoms with E-state index in [1.807, 2.05) is 36.0 Å².